The molecular weight excluding hydrogens is 312 g/mol. The molecule has 0 aliphatic heterocycles. The standard InChI is InChI=1S/C26H44/c1-19(2)9-5-6-10-21-13-15-23-22-14-12-20-11-7-8-17-25(20,3)24(22)16-18-26(21,23)4/h19-21,23H,5-18H2,1-4H3. The summed E-state index contributed by atoms with van der Waals surface area (Å²) in [5.41, 5.74) is 5.25. The second-order valence-electron chi connectivity index (χ2n) is 11.4. The molecule has 0 radical (unpaired) electrons. The average Bonchev–Trinajstić information content (AvgIpc) is 2.94. The molecule has 0 amide bonds. The maximum absolute atomic E-state index is 2.71. The molecule has 5 unspecified atom stereocenters. The molecule has 0 bridgehead atoms. The zero-order valence-electron chi connectivity index (χ0n) is 18.2. The van der Waals surface area contributed by atoms with Crippen LogP contribution in [0.1, 0.15) is 118 Å². The van der Waals surface area contributed by atoms with Crippen molar-refractivity contribution in [1.29, 1.82) is 0 Å². The third-order valence-corrected chi connectivity index (χ3v) is 9.69. The summed E-state index contributed by atoms with van der Waals surface area (Å²) in [6.45, 7) is 10.1. The molecule has 2 saturated carbocycles. The zero-order chi connectivity index (χ0) is 18.4. The molecule has 2 fully saturated rings. The van der Waals surface area contributed by atoms with Crippen molar-refractivity contribution in [2.24, 2.45) is 34.5 Å². The van der Waals surface area contributed by atoms with E-state index in [9.17, 15) is 0 Å². The largest absolute Gasteiger partial charge is 0.0668 e. The van der Waals surface area contributed by atoms with Crippen LogP contribution in [0, 0.1) is 34.5 Å². The molecule has 26 heavy (non-hydrogen) atoms. The molecule has 0 aromatic rings. The Morgan fingerprint density at radius 2 is 1.77 bits per heavy atom. The van der Waals surface area contributed by atoms with Gasteiger partial charge in [-0.2, -0.15) is 0 Å². The van der Waals surface area contributed by atoms with Crippen LogP contribution in [0.3, 0.4) is 0 Å². The Bertz CT molecular complexity index is 540. The lowest BCUT2D eigenvalue weighted by atomic mass is 9.51. The van der Waals surface area contributed by atoms with Crippen molar-refractivity contribution >= 4 is 0 Å². The van der Waals surface area contributed by atoms with Crippen molar-refractivity contribution in [1.82, 2.24) is 0 Å². The van der Waals surface area contributed by atoms with Gasteiger partial charge in [-0.25, -0.2) is 0 Å². The fourth-order valence-corrected chi connectivity index (χ4v) is 8.02. The van der Waals surface area contributed by atoms with Crippen molar-refractivity contribution in [3.8, 4) is 0 Å². The monoisotopic (exact) mass is 356 g/mol. The van der Waals surface area contributed by atoms with Crippen LogP contribution in [0.15, 0.2) is 11.1 Å². The minimum atomic E-state index is 0.600. The van der Waals surface area contributed by atoms with E-state index in [-0.39, 0.29) is 0 Å². The topological polar surface area (TPSA) is 0 Å². The van der Waals surface area contributed by atoms with Gasteiger partial charge in [-0.05, 0) is 92.3 Å². The van der Waals surface area contributed by atoms with E-state index in [0.29, 0.717) is 10.8 Å². The summed E-state index contributed by atoms with van der Waals surface area (Å²) < 4.78 is 0. The number of unbranched alkanes of at least 4 members (excludes halogenated alkanes) is 1. The van der Waals surface area contributed by atoms with E-state index < -0.39 is 0 Å². The first kappa shape index (κ1) is 19.1. The third-order valence-electron chi connectivity index (χ3n) is 9.69. The smallest absolute Gasteiger partial charge is 0.00852 e. The van der Waals surface area contributed by atoms with Crippen LogP contribution >= 0.6 is 0 Å². The summed E-state index contributed by atoms with van der Waals surface area (Å²) >= 11 is 0. The van der Waals surface area contributed by atoms with Crippen molar-refractivity contribution < 1.29 is 0 Å². The van der Waals surface area contributed by atoms with Crippen molar-refractivity contribution in [2.45, 2.75) is 118 Å². The van der Waals surface area contributed by atoms with Crippen LogP contribution in [0.25, 0.3) is 0 Å². The van der Waals surface area contributed by atoms with Crippen molar-refractivity contribution in [3.63, 3.8) is 0 Å². The summed E-state index contributed by atoms with van der Waals surface area (Å²) in [7, 11) is 0. The number of rotatable bonds is 5. The summed E-state index contributed by atoms with van der Waals surface area (Å²) in [6, 6.07) is 0. The molecule has 4 aliphatic rings. The maximum atomic E-state index is 2.71. The Labute approximate surface area is 163 Å². The Morgan fingerprint density at radius 3 is 2.58 bits per heavy atom. The molecule has 4 aliphatic carbocycles. The quantitative estimate of drug-likeness (QED) is 0.343. The van der Waals surface area contributed by atoms with Gasteiger partial charge in [-0.15, -0.1) is 0 Å². The Hall–Kier alpha value is -0.260. The first-order valence-corrected chi connectivity index (χ1v) is 12.2. The normalized spacial score (nSPS) is 42.6. The van der Waals surface area contributed by atoms with Gasteiger partial charge in [0, 0.05) is 0 Å². The van der Waals surface area contributed by atoms with Crippen LogP contribution < -0.4 is 0 Å². The first-order valence-electron chi connectivity index (χ1n) is 12.2. The van der Waals surface area contributed by atoms with Crippen LogP contribution in [-0.4, -0.2) is 0 Å². The minimum absolute atomic E-state index is 0.600. The summed E-state index contributed by atoms with van der Waals surface area (Å²) in [6.07, 6.45) is 20.9. The van der Waals surface area contributed by atoms with Crippen LogP contribution in [0.4, 0.5) is 0 Å². The molecule has 0 heteroatoms. The summed E-state index contributed by atoms with van der Waals surface area (Å²) in [5, 5.41) is 0. The molecule has 0 saturated heterocycles. The van der Waals surface area contributed by atoms with Gasteiger partial charge in [0.25, 0.3) is 0 Å². The maximum Gasteiger partial charge on any atom is -0.00852 e. The Kier molecular flexibility index (Phi) is 5.35. The molecule has 0 spiro atoms. The highest BCUT2D eigenvalue weighted by Gasteiger charge is 2.54. The highest BCUT2D eigenvalue weighted by molar-refractivity contribution is 5.34. The van der Waals surface area contributed by atoms with Crippen LogP contribution in [-0.2, 0) is 0 Å². The fraction of sp³-hybridized carbons (Fsp3) is 0.923. The van der Waals surface area contributed by atoms with Gasteiger partial charge in [-0.1, -0.05) is 70.9 Å². The fourth-order valence-electron chi connectivity index (χ4n) is 8.02. The van der Waals surface area contributed by atoms with Crippen LogP contribution in [0.2, 0.25) is 0 Å². The van der Waals surface area contributed by atoms with E-state index in [1.807, 2.05) is 11.1 Å². The van der Waals surface area contributed by atoms with E-state index in [1.165, 1.54) is 89.9 Å². The molecule has 0 nitrogen and oxygen atoms in total. The number of hydrogen-bond donors (Lipinski definition) is 0. The van der Waals surface area contributed by atoms with Gasteiger partial charge >= 0.3 is 0 Å². The molecule has 0 N–H and O–H groups in total. The van der Waals surface area contributed by atoms with Crippen LogP contribution in [0.5, 0.6) is 0 Å². The SMILES string of the molecule is CC(C)CCCCC1CCC2C3=C(CCC12C)C1(C)CCCCC1CC3. The van der Waals surface area contributed by atoms with E-state index in [2.05, 4.69) is 27.7 Å². The van der Waals surface area contributed by atoms with E-state index in [1.54, 1.807) is 0 Å². The van der Waals surface area contributed by atoms with Gasteiger partial charge < -0.3 is 0 Å². The van der Waals surface area contributed by atoms with Gasteiger partial charge in [0.1, 0.15) is 0 Å². The van der Waals surface area contributed by atoms with Gasteiger partial charge in [0.2, 0.25) is 0 Å². The highest BCUT2D eigenvalue weighted by Crippen LogP contribution is 2.65. The number of fused-ring (bicyclic) bond motifs is 4. The van der Waals surface area contributed by atoms with E-state index >= 15 is 0 Å². The lowest BCUT2D eigenvalue weighted by Gasteiger charge is -2.54. The highest BCUT2D eigenvalue weighted by atomic mass is 14.6. The predicted molar refractivity (Wildman–Crippen MR) is 113 cm³/mol. The molecule has 0 aromatic carbocycles. The summed E-state index contributed by atoms with van der Waals surface area (Å²) in [4.78, 5) is 0. The summed E-state index contributed by atoms with van der Waals surface area (Å²) in [5.74, 6) is 3.88. The molecular formula is C26H44. The van der Waals surface area contributed by atoms with Crippen molar-refractivity contribution in [2.75, 3.05) is 0 Å². The Morgan fingerprint density at radius 1 is 0.923 bits per heavy atom. The Balaban J connectivity index is 1.49. The average molecular weight is 357 g/mol. The predicted octanol–water partition coefficient (Wildman–Crippen LogP) is 8.32. The second-order valence-corrected chi connectivity index (χ2v) is 11.4. The lowest BCUT2D eigenvalue weighted by Crippen LogP contribution is -2.43. The number of allylic oxidation sites excluding steroid dienone is 2. The molecule has 4 rings (SSSR count). The zero-order valence-corrected chi connectivity index (χ0v) is 18.2. The molecule has 0 heterocycles. The first-order chi connectivity index (χ1) is 12.4. The van der Waals surface area contributed by atoms with E-state index in [4.69, 9.17) is 0 Å². The van der Waals surface area contributed by atoms with Gasteiger partial charge in [0.15, 0.2) is 0 Å². The lowest BCUT2D eigenvalue weighted by molar-refractivity contribution is 0.0807. The van der Waals surface area contributed by atoms with Gasteiger partial charge in [-0.3, -0.25) is 0 Å². The second kappa shape index (κ2) is 7.29. The minimum Gasteiger partial charge on any atom is -0.0668 e. The van der Waals surface area contributed by atoms with Gasteiger partial charge in [0.05, 0.1) is 0 Å². The number of hydrogen-bond acceptors (Lipinski definition) is 0. The molecule has 5 atom stereocenters. The molecule has 148 valence electrons. The van der Waals surface area contributed by atoms with Crippen molar-refractivity contribution in [3.05, 3.63) is 11.1 Å². The molecule has 0 aromatic heterocycles. The van der Waals surface area contributed by atoms with E-state index in [0.717, 1.165) is 23.7 Å². The third kappa shape index (κ3) is 3.12.